The topological polar surface area (TPSA) is 55.6 Å². The molecule has 2 fully saturated rings. The van der Waals surface area contributed by atoms with Crippen LogP contribution in [-0.4, -0.2) is 42.1 Å². The van der Waals surface area contributed by atoms with Gasteiger partial charge >= 0.3 is 0 Å². The van der Waals surface area contributed by atoms with Crippen molar-refractivity contribution in [3.8, 4) is 0 Å². The Hall–Kier alpha value is -0.680. The van der Waals surface area contributed by atoms with E-state index in [2.05, 4.69) is 0 Å². The highest BCUT2D eigenvalue weighted by molar-refractivity contribution is 7.80. The molecule has 1 saturated heterocycles. The summed E-state index contributed by atoms with van der Waals surface area (Å²) in [5.74, 6) is 0.168. The number of piperidine rings is 1. The summed E-state index contributed by atoms with van der Waals surface area (Å²) in [6, 6.07) is 0. The summed E-state index contributed by atoms with van der Waals surface area (Å²) in [4.78, 5) is 15.3. The predicted octanol–water partition coefficient (Wildman–Crippen LogP) is 2.25. The Morgan fingerprint density at radius 2 is 1.75 bits per heavy atom. The van der Waals surface area contributed by atoms with Crippen LogP contribution in [0.3, 0.4) is 0 Å². The first kappa shape index (κ1) is 15.7. The molecule has 0 bridgehead atoms. The summed E-state index contributed by atoms with van der Waals surface area (Å²) >= 11 is 5.29. The van der Waals surface area contributed by atoms with Crippen LogP contribution in [-0.2, 0) is 9.53 Å². The number of likely N-dealkylation sites (tertiary alicyclic amines) is 1. The fraction of sp³-hybridized carbons (Fsp3) is 0.867. The number of nitrogens with zero attached hydrogens (tertiary/aromatic N) is 1. The van der Waals surface area contributed by atoms with Gasteiger partial charge in [0.05, 0.1) is 16.5 Å². The van der Waals surface area contributed by atoms with Crippen molar-refractivity contribution in [1.29, 1.82) is 0 Å². The Morgan fingerprint density at radius 3 is 2.20 bits per heavy atom. The molecular weight excluding hydrogens is 272 g/mol. The van der Waals surface area contributed by atoms with Gasteiger partial charge in [-0.05, 0) is 25.7 Å². The molecule has 5 heteroatoms. The van der Waals surface area contributed by atoms with Crippen molar-refractivity contribution < 1.29 is 9.53 Å². The van der Waals surface area contributed by atoms with E-state index in [9.17, 15) is 4.79 Å². The number of ether oxygens (including phenoxy) is 1. The first-order valence-electron chi connectivity index (χ1n) is 7.72. The molecule has 0 aromatic heterocycles. The van der Waals surface area contributed by atoms with Crippen molar-refractivity contribution >= 4 is 23.1 Å². The zero-order chi connectivity index (χ0) is 14.6. The van der Waals surface area contributed by atoms with Gasteiger partial charge in [0.1, 0.15) is 0 Å². The summed E-state index contributed by atoms with van der Waals surface area (Å²) in [6.07, 6.45) is 8.23. The van der Waals surface area contributed by atoms with E-state index in [1.54, 1.807) is 7.11 Å². The van der Waals surface area contributed by atoms with Gasteiger partial charge in [0.25, 0.3) is 0 Å². The second-order valence-electron chi connectivity index (χ2n) is 6.09. The summed E-state index contributed by atoms with van der Waals surface area (Å²) in [6.45, 7) is 1.53. The van der Waals surface area contributed by atoms with Gasteiger partial charge in [-0.2, -0.15) is 0 Å². The van der Waals surface area contributed by atoms with Crippen LogP contribution in [0.25, 0.3) is 0 Å². The molecule has 2 rings (SSSR count). The van der Waals surface area contributed by atoms with Crippen molar-refractivity contribution in [2.24, 2.45) is 11.1 Å². The quantitative estimate of drug-likeness (QED) is 0.641. The van der Waals surface area contributed by atoms with E-state index in [0.717, 1.165) is 51.6 Å². The Morgan fingerprint density at radius 1 is 1.20 bits per heavy atom. The van der Waals surface area contributed by atoms with Gasteiger partial charge < -0.3 is 15.4 Å². The minimum absolute atomic E-state index is 0.168. The Balaban J connectivity index is 2.09. The summed E-state index contributed by atoms with van der Waals surface area (Å²) < 4.78 is 5.37. The third-order valence-electron chi connectivity index (χ3n) is 4.90. The van der Waals surface area contributed by atoms with Crippen molar-refractivity contribution in [2.45, 2.75) is 57.5 Å². The molecule has 1 saturated carbocycles. The van der Waals surface area contributed by atoms with Gasteiger partial charge in [0.2, 0.25) is 5.91 Å². The smallest absolute Gasteiger partial charge is 0.235 e. The molecule has 2 aliphatic rings. The molecule has 0 spiro atoms. The maximum absolute atomic E-state index is 13.0. The molecular formula is C15H26N2O2S. The molecule has 2 N–H and O–H groups in total. The molecule has 0 aromatic carbocycles. The van der Waals surface area contributed by atoms with E-state index in [1.165, 1.54) is 12.8 Å². The first-order valence-corrected chi connectivity index (χ1v) is 8.13. The van der Waals surface area contributed by atoms with E-state index >= 15 is 0 Å². The van der Waals surface area contributed by atoms with Crippen molar-refractivity contribution in [1.82, 2.24) is 4.90 Å². The van der Waals surface area contributed by atoms with Crippen molar-refractivity contribution in [3.63, 3.8) is 0 Å². The molecule has 0 radical (unpaired) electrons. The lowest BCUT2D eigenvalue weighted by Crippen LogP contribution is -2.53. The Bertz CT molecular complexity index is 357. The number of amides is 1. The predicted molar refractivity (Wildman–Crippen MR) is 83.5 cm³/mol. The highest BCUT2D eigenvalue weighted by Crippen LogP contribution is 2.38. The van der Waals surface area contributed by atoms with Gasteiger partial charge in [-0.15, -0.1) is 0 Å². The zero-order valence-corrected chi connectivity index (χ0v) is 13.2. The van der Waals surface area contributed by atoms with E-state index in [4.69, 9.17) is 22.7 Å². The zero-order valence-electron chi connectivity index (χ0n) is 12.4. The molecule has 1 heterocycles. The van der Waals surface area contributed by atoms with Gasteiger partial charge in [0.15, 0.2) is 0 Å². The average molecular weight is 298 g/mol. The lowest BCUT2D eigenvalue weighted by atomic mass is 9.78. The maximum atomic E-state index is 13.0. The highest BCUT2D eigenvalue weighted by atomic mass is 32.1. The largest absolute Gasteiger partial charge is 0.392 e. The second kappa shape index (κ2) is 6.85. The fourth-order valence-corrected chi connectivity index (χ4v) is 3.79. The molecule has 0 aromatic rings. The second-order valence-corrected chi connectivity index (χ2v) is 6.53. The van der Waals surface area contributed by atoms with Crippen LogP contribution in [0.1, 0.15) is 51.4 Å². The van der Waals surface area contributed by atoms with Gasteiger partial charge in [-0.1, -0.05) is 37.9 Å². The van der Waals surface area contributed by atoms with E-state index in [-0.39, 0.29) is 12.0 Å². The lowest BCUT2D eigenvalue weighted by Gasteiger charge is -2.39. The average Bonchev–Trinajstić information content (AvgIpc) is 2.73. The van der Waals surface area contributed by atoms with Crippen LogP contribution in [0.4, 0.5) is 0 Å². The number of hydrogen-bond donors (Lipinski definition) is 1. The third kappa shape index (κ3) is 3.14. The minimum Gasteiger partial charge on any atom is -0.392 e. The molecule has 0 atom stereocenters. The van der Waals surface area contributed by atoms with Crippen LogP contribution in [0, 0.1) is 5.41 Å². The number of carbonyl (C=O) groups is 1. The minimum atomic E-state index is -0.578. The first-order chi connectivity index (χ1) is 9.60. The normalized spacial score (nSPS) is 24.1. The van der Waals surface area contributed by atoms with E-state index < -0.39 is 5.41 Å². The summed E-state index contributed by atoms with van der Waals surface area (Å²) in [5.41, 5.74) is 5.41. The molecule has 1 amide bonds. The van der Waals surface area contributed by atoms with E-state index in [0.29, 0.717) is 4.99 Å². The highest BCUT2D eigenvalue weighted by Gasteiger charge is 2.44. The van der Waals surface area contributed by atoms with Crippen molar-refractivity contribution in [3.05, 3.63) is 0 Å². The standard InChI is InChI=1S/C15H26N2O2S/c1-19-12-6-10-17(11-7-12)14(18)15(13(16)20)8-4-2-3-5-9-15/h12H,2-11H2,1H3,(H2,16,20). The third-order valence-corrected chi connectivity index (χ3v) is 5.29. The fourth-order valence-electron chi connectivity index (χ4n) is 3.50. The van der Waals surface area contributed by atoms with Crippen LogP contribution in [0.2, 0.25) is 0 Å². The number of methoxy groups -OCH3 is 1. The monoisotopic (exact) mass is 298 g/mol. The molecule has 0 unspecified atom stereocenters. The Labute approximate surface area is 127 Å². The molecule has 4 nitrogen and oxygen atoms in total. The molecule has 20 heavy (non-hydrogen) atoms. The van der Waals surface area contributed by atoms with Crippen molar-refractivity contribution in [2.75, 3.05) is 20.2 Å². The maximum Gasteiger partial charge on any atom is 0.235 e. The van der Waals surface area contributed by atoms with Crippen LogP contribution in [0.5, 0.6) is 0 Å². The molecule has 1 aliphatic carbocycles. The molecule has 1 aliphatic heterocycles. The van der Waals surface area contributed by atoms with Crippen LogP contribution >= 0.6 is 12.2 Å². The van der Waals surface area contributed by atoms with Crippen LogP contribution < -0.4 is 5.73 Å². The van der Waals surface area contributed by atoms with Crippen LogP contribution in [0.15, 0.2) is 0 Å². The number of nitrogens with two attached hydrogens (primary N) is 1. The van der Waals surface area contributed by atoms with Gasteiger partial charge in [0, 0.05) is 20.2 Å². The SMILES string of the molecule is COC1CCN(C(=O)C2(C(N)=S)CCCCCC2)CC1. The van der Waals surface area contributed by atoms with Gasteiger partial charge in [-0.25, -0.2) is 0 Å². The number of rotatable bonds is 3. The van der Waals surface area contributed by atoms with E-state index in [1.807, 2.05) is 4.90 Å². The summed E-state index contributed by atoms with van der Waals surface area (Å²) in [5, 5.41) is 0. The summed E-state index contributed by atoms with van der Waals surface area (Å²) in [7, 11) is 1.74. The number of carbonyl (C=O) groups excluding carboxylic acids is 1. The Kier molecular flexibility index (Phi) is 5.38. The number of thiocarbonyl (C=S) groups is 1. The molecule has 114 valence electrons. The number of hydrogen-bond acceptors (Lipinski definition) is 3. The lowest BCUT2D eigenvalue weighted by molar-refractivity contribution is -0.141. The van der Waals surface area contributed by atoms with Gasteiger partial charge in [-0.3, -0.25) is 4.79 Å².